The average molecular weight is 417 g/mol. The van der Waals surface area contributed by atoms with E-state index in [0.29, 0.717) is 6.42 Å². The van der Waals surface area contributed by atoms with E-state index in [0.717, 1.165) is 22.3 Å². The molecule has 3 rings (SSSR count). The van der Waals surface area contributed by atoms with Crippen molar-refractivity contribution in [3.05, 3.63) is 93.2 Å². The summed E-state index contributed by atoms with van der Waals surface area (Å²) in [5, 5.41) is 21.9. The van der Waals surface area contributed by atoms with Gasteiger partial charge < -0.3 is 20.5 Å². The molecule has 0 aliphatic carbocycles. The zero-order valence-corrected chi connectivity index (χ0v) is 17.1. The lowest BCUT2D eigenvalue weighted by Crippen LogP contribution is -2.28. The van der Waals surface area contributed by atoms with E-state index in [1.165, 1.54) is 13.3 Å². The Morgan fingerprint density at radius 1 is 1.06 bits per heavy atom. The largest absolute Gasteiger partial charge is 0.502 e. The number of aromatic hydroxyl groups is 1. The highest BCUT2D eigenvalue weighted by Gasteiger charge is 2.20. The SMILES string of the molecule is CC(=O)NCC(Cc1ccc(C#Cc2ccc(CO)cc2)cc1)c1nc[nH]c(=O)c1O. The minimum atomic E-state index is -0.615. The van der Waals surface area contributed by atoms with Crippen molar-refractivity contribution in [3.8, 4) is 17.6 Å². The highest BCUT2D eigenvalue weighted by molar-refractivity contribution is 5.72. The third-order valence-corrected chi connectivity index (χ3v) is 4.76. The van der Waals surface area contributed by atoms with Crippen LogP contribution in [-0.2, 0) is 17.8 Å². The number of aromatic amines is 1. The fourth-order valence-electron chi connectivity index (χ4n) is 3.08. The maximum atomic E-state index is 11.7. The van der Waals surface area contributed by atoms with Crippen LogP contribution in [0.4, 0.5) is 0 Å². The molecule has 0 aliphatic heterocycles. The van der Waals surface area contributed by atoms with Crippen LogP contribution in [0.1, 0.15) is 40.8 Å². The third kappa shape index (κ3) is 6.04. The van der Waals surface area contributed by atoms with Gasteiger partial charge in [-0.05, 0) is 41.8 Å². The van der Waals surface area contributed by atoms with Gasteiger partial charge >= 0.3 is 0 Å². The Balaban J connectivity index is 1.76. The van der Waals surface area contributed by atoms with E-state index in [1.807, 2.05) is 48.5 Å². The summed E-state index contributed by atoms with van der Waals surface area (Å²) in [5.74, 6) is 5.18. The van der Waals surface area contributed by atoms with Crippen LogP contribution in [0.15, 0.2) is 59.7 Å². The second-order valence-corrected chi connectivity index (χ2v) is 7.11. The Bertz CT molecular complexity index is 1160. The molecule has 0 aliphatic rings. The molecule has 0 fully saturated rings. The maximum absolute atomic E-state index is 11.7. The van der Waals surface area contributed by atoms with Crippen LogP contribution in [0.2, 0.25) is 0 Å². The molecule has 158 valence electrons. The van der Waals surface area contributed by atoms with Crippen molar-refractivity contribution in [2.45, 2.75) is 25.9 Å². The Morgan fingerprint density at radius 2 is 1.65 bits per heavy atom. The Hall–Kier alpha value is -3.89. The van der Waals surface area contributed by atoms with Crippen LogP contribution in [0, 0.1) is 11.8 Å². The standard InChI is InChI=1S/C24H23N3O4/c1-16(29)25-13-21(22-23(30)24(31)27-15-26-22)12-19-8-4-17(5-9-19)2-3-18-6-10-20(14-28)11-7-18/h4-11,15,21,28,30H,12-14H2,1H3,(H,25,29)(H,26,27,31). The van der Waals surface area contributed by atoms with Crippen LogP contribution in [0.3, 0.4) is 0 Å². The summed E-state index contributed by atoms with van der Waals surface area (Å²) in [7, 11) is 0. The Labute approximate surface area is 179 Å². The zero-order chi connectivity index (χ0) is 22.2. The van der Waals surface area contributed by atoms with Crippen LogP contribution in [0.5, 0.6) is 5.75 Å². The van der Waals surface area contributed by atoms with Gasteiger partial charge in [0.2, 0.25) is 11.7 Å². The van der Waals surface area contributed by atoms with Crippen molar-refractivity contribution >= 4 is 5.91 Å². The molecular weight excluding hydrogens is 394 g/mol. The lowest BCUT2D eigenvalue weighted by Gasteiger charge is -2.17. The predicted molar refractivity (Wildman–Crippen MR) is 116 cm³/mol. The molecule has 0 saturated carbocycles. The van der Waals surface area contributed by atoms with Gasteiger partial charge in [-0.2, -0.15) is 0 Å². The fraction of sp³-hybridized carbons (Fsp3) is 0.208. The van der Waals surface area contributed by atoms with Gasteiger partial charge in [0.15, 0.2) is 0 Å². The first-order valence-corrected chi connectivity index (χ1v) is 9.78. The number of H-pyrrole nitrogens is 1. The smallest absolute Gasteiger partial charge is 0.293 e. The van der Waals surface area contributed by atoms with Gasteiger partial charge in [0.1, 0.15) is 0 Å². The van der Waals surface area contributed by atoms with E-state index in [9.17, 15) is 14.7 Å². The van der Waals surface area contributed by atoms with Crippen molar-refractivity contribution in [2.75, 3.05) is 6.54 Å². The molecule has 0 saturated heterocycles. The van der Waals surface area contributed by atoms with E-state index in [4.69, 9.17) is 5.11 Å². The summed E-state index contributed by atoms with van der Waals surface area (Å²) in [6.07, 6.45) is 1.71. The second-order valence-electron chi connectivity index (χ2n) is 7.11. The van der Waals surface area contributed by atoms with Crippen molar-refractivity contribution in [3.63, 3.8) is 0 Å². The Kier molecular flexibility index (Phi) is 7.20. The molecule has 1 atom stereocenters. The molecule has 31 heavy (non-hydrogen) atoms. The number of hydrogen-bond donors (Lipinski definition) is 4. The number of benzene rings is 2. The van der Waals surface area contributed by atoms with Crippen molar-refractivity contribution in [1.82, 2.24) is 15.3 Å². The molecule has 0 radical (unpaired) electrons. The van der Waals surface area contributed by atoms with E-state index in [1.54, 1.807) is 0 Å². The normalized spacial score (nSPS) is 11.3. The molecule has 1 unspecified atom stereocenters. The van der Waals surface area contributed by atoms with Crippen LogP contribution < -0.4 is 10.9 Å². The van der Waals surface area contributed by atoms with E-state index >= 15 is 0 Å². The van der Waals surface area contributed by atoms with Gasteiger partial charge in [-0.15, -0.1) is 0 Å². The first-order chi connectivity index (χ1) is 15.0. The number of aliphatic hydroxyl groups is 1. The van der Waals surface area contributed by atoms with Gasteiger partial charge in [-0.1, -0.05) is 36.1 Å². The van der Waals surface area contributed by atoms with Gasteiger partial charge in [0.05, 0.1) is 18.6 Å². The van der Waals surface area contributed by atoms with E-state index < -0.39 is 11.3 Å². The van der Waals surface area contributed by atoms with Crippen molar-refractivity contribution in [2.24, 2.45) is 0 Å². The van der Waals surface area contributed by atoms with Crippen LogP contribution in [0.25, 0.3) is 0 Å². The number of carbonyl (C=O) groups excluding carboxylic acids is 1. The first kappa shape index (κ1) is 21.8. The maximum Gasteiger partial charge on any atom is 0.293 e. The molecule has 7 nitrogen and oxygen atoms in total. The number of nitrogens with one attached hydrogen (secondary N) is 2. The number of carbonyl (C=O) groups is 1. The number of rotatable bonds is 6. The monoisotopic (exact) mass is 417 g/mol. The van der Waals surface area contributed by atoms with Crippen LogP contribution in [-0.4, -0.2) is 32.6 Å². The lowest BCUT2D eigenvalue weighted by molar-refractivity contribution is -0.119. The average Bonchev–Trinajstić information content (AvgIpc) is 2.78. The molecular formula is C24H23N3O4. The Morgan fingerprint density at radius 3 is 2.19 bits per heavy atom. The number of nitrogens with zero attached hydrogens (tertiary/aromatic N) is 1. The first-order valence-electron chi connectivity index (χ1n) is 9.78. The summed E-state index contributed by atoms with van der Waals surface area (Å²) in [6.45, 7) is 1.65. The molecule has 1 aromatic heterocycles. The van der Waals surface area contributed by atoms with Gasteiger partial charge in [0.25, 0.3) is 5.56 Å². The van der Waals surface area contributed by atoms with Gasteiger partial charge in [-0.3, -0.25) is 9.59 Å². The molecule has 0 spiro atoms. The molecule has 1 heterocycles. The van der Waals surface area contributed by atoms with Crippen molar-refractivity contribution in [1.29, 1.82) is 0 Å². The minimum Gasteiger partial charge on any atom is -0.502 e. The topological polar surface area (TPSA) is 115 Å². The van der Waals surface area contributed by atoms with Gasteiger partial charge in [0, 0.05) is 30.5 Å². The summed E-state index contributed by atoms with van der Waals surface area (Å²) < 4.78 is 0. The number of aromatic nitrogens is 2. The van der Waals surface area contributed by atoms with Crippen LogP contribution >= 0.6 is 0 Å². The predicted octanol–water partition coefficient (Wildman–Crippen LogP) is 1.83. The third-order valence-electron chi connectivity index (χ3n) is 4.76. The van der Waals surface area contributed by atoms with E-state index in [-0.39, 0.29) is 30.7 Å². The van der Waals surface area contributed by atoms with Crippen molar-refractivity contribution < 1.29 is 15.0 Å². The summed E-state index contributed by atoms with van der Waals surface area (Å²) in [6, 6.07) is 15.0. The highest BCUT2D eigenvalue weighted by Crippen LogP contribution is 2.23. The second kappa shape index (κ2) is 10.2. The molecule has 0 bridgehead atoms. The summed E-state index contributed by atoms with van der Waals surface area (Å²) in [5.41, 5.74) is 3.11. The summed E-state index contributed by atoms with van der Waals surface area (Å²) >= 11 is 0. The molecule has 4 N–H and O–H groups in total. The molecule has 3 aromatic rings. The number of amides is 1. The quantitative estimate of drug-likeness (QED) is 0.457. The molecule has 1 amide bonds. The summed E-state index contributed by atoms with van der Waals surface area (Å²) in [4.78, 5) is 29.6. The molecule has 7 heteroatoms. The number of aliphatic hydroxyl groups excluding tert-OH is 1. The van der Waals surface area contributed by atoms with Gasteiger partial charge in [-0.25, -0.2) is 4.98 Å². The number of hydrogen-bond acceptors (Lipinski definition) is 5. The highest BCUT2D eigenvalue weighted by atomic mass is 16.3. The zero-order valence-electron chi connectivity index (χ0n) is 17.1. The fourth-order valence-corrected chi connectivity index (χ4v) is 3.08. The van der Waals surface area contributed by atoms with E-state index in [2.05, 4.69) is 27.1 Å². The molecule has 2 aromatic carbocycles. The lowest BCUT2D eigenvalue weighted by atomic mass is 9.94. The minimum absolute atomic E-state index is 0.00274.